The maximum atomic E-state index is 10.6. The molecule has 1 spiro atoms. The molecular weight excluding hydrogens is 453 g/mol. The number of aliphatic carboxylic acids is 1. The molecule has 182 valence electrons. The van der Waals surface area contributed by atoms with Crippen LogP contribution in [0.2, 0.25) is 0 Å². The van der Waals surface area contributed by atoms with E-state index in [9.17, 15) is 13.2 Å². The largest absolute Gasteiger partial charge is 0.490 e. The number of nitrogens with zero attached hydrogens (tertiary/aromatic N) is 1. The van der Waals surface area contributed by atoms with Gasteiger partial charge in [0, 0.05) is 35.3 Å². The molecule has 2 N–H and O–H groups in total. The Kier molecular flexibility index (Phi) is 8.53. The Labute approximate surface area is 196 Å². The first kappa shape index (κ1) is 25.6. The quantitative estimate of drug-likeness (QED) is 0.521. The molecule has 1 saturated heterocycles. The van der Waals surface area contributed by atoms with Gasteiger partial charge in [0.15, 0.2) is 0 Å². The van der Waals surface area contributed by atoms with Crippen molar-refractivity contribution >= 4 is 17.3 Å². The molecule has 1 atom stereocenters. The van der Waals surface area contributed by atoms with Gasteiger partial charge in [0.2, 0.25) is 0 Å². The normalized spacial score (nSPS) is 22.1. The zero-order valence-corrected chi connectivity index (χ0v) is 19.6. The number of rotatable bonds is 6. The van der Waals surface area contributed by atoms with E-state index >= 15 is 0 Å². The Balaban J connectivity index is 0.000000383. The third-order valence-electron chi connectivity index (χ3n) is 6.48. The summed E-state index contributed by atoms with van der Waals surface area (Å²) in [5.41, 5.74) is 2.90. The molecule has 0 aromatic carbocycles. The average Bonchev–Trinajstić information content (AvgIpc) is 3.40. The summed E-state index contributed by atoms with van der Waals surface area (Å²) < 4.78 is 38.1. The molecule has 2 aliphatic rings. The van der Waals surface area contributed by atoms with Crippen molar-refractivity contribution in [1.82, 2.24) is 10.3 Å². The summed E-state index contributed by atoms with van der Waals surface area (Å²) in [6, 6.07) is 8.69. The molecule has 1 aliphatic carbocycles. The Morgan fingerprint density at radius 1 is 1.27 bits per heavy atom. The van der Waals surface area contributed by atoms with Crippen LogP contribution in [0, 0.1) is 6.92 Å². The van der Waals surface area contributed by atoms with E-state index in [0.29, 0.717) is 0 Å². The van der Waals surface area contributed by atoms with Crippen molar-refractivity contribution in [3.8, 4) is 0 Å². The second kappa shape index (κ2) is 11.0. The number of aryl methyl sites for hydroxylation is 1. The topological polar surface area (TPSA) is 71.5 Å². The summed E-state index contributed by atoms with van der Waals surface area (Å²) in [5.74, 6) is -2.76. The number of carbonyl (C=O) groups is 1. The molecule has 0 amide bonds. The molecule has 3 heterocycles. The van der Waals surface area contributed by atoms with Gasteiger partial charge in [0.05, 0.1) is 5.60 Å². The third kappa shape index (κ3) is 7.01. The van der Waals surface area contributed by atoms with E-state index in [1.807, 2.05) is 23.6 Å². The third-order valence-corrected chi connectivity index (χ3v) is 7.53. The molecule has 2 fully saturated rings. The van der Waals surface area contributed by atoms with Gasteiger partial charge in [-0.15, -0.1) is 11.3 Å². The number of ether oxygens (including phenoxy) is 1. The molecule has 0 bridgehead atoms. The predicted octanol–water partition coefficient (Wildman–Crippen LogP) is 5.63. The number of hydrogen-bond donors (Lipinski definition) is 2. The smallest absolute Gasteiger partial charge is 0.475 e. The molecule has 4 rings (SSSR count). The highest BCUT2D eigenvalue weighted by Crippen LogP contribution is 2.49. The number of carboxylic acids is 1. The lowest BCUT2D eigenvalue weighted by Gasteiger charge is -2.46. The number of pyridine rings is 1. The van der Waals surface area contributed by atoms with Gasteiger partial charge in [0.25, 0.3) is 0 Å². The molecule has 2 aromatic rings. The van der Waals surface area contributed by atoms with Crippen molar-refractivity contribution < 1.29 is 27.8 Å². The van der Waals surface area contributed by atoms with Crippen molar-refractivity contribution in [2.24, 2.45) is 0 Å². The second-order valence-corrected chi connectivity index (χ2v) is 9.98. The molecule has 9 heteroatoms. The van der Waals surface area contributed by atoms with Crippen LogP contribution in [-0.4, -0.2) is 41.0 Å². The number of thiophene rings is 1. The first-order valence-electron chi connectivity index (χ1n) is 11.2. The zero-order valence-electron chi connectivity index (χ0n) is 18.8. The number of nitrogens with one attached hydrogen (secondary N) is 1. The van der Waals surface area contributed by atoms with Gasteiger partial charge < -0.3 is 15.2 Å². The predicted molar refractivity (Wildman–Crippen MR) is 121 cm³/mol. The van der Waals surface area contributed by atoms with E-state index in [2.05, 4.69) is 35.8 Å². The maximum Gasteiger partial charge on any atom is 0.490 e. The first-order chi connectivity index (χ1) is 15.6. The molecule has 1 saturated carbocycles. The van der Waals surface area contributed by atoms with Crippen LogP contribution >= 0.6 is 11.3 Å². The fourth-order valence-corrected chi connectivity index (χ4v) is 5.76. The Morgan fingerprint density at radius 2 is 2.00 bits per heavy atom. The minimum absolute atomic E-state index is 0.112. The molecule has 33 heavy (non-hydrogen) atoms. The maximum absolute atomic E-state index is 10.6. The first-order valence-corrected chi connectivity index (χ1v) is 12.1. The van der Waals surface area contributed by atoms with Gasteiger partial charge in [-0.05, 0) is 74.7 Å². The van der Waals surface area contributed by atoms with Crippen molar-refractivity contribution in [1.29, 1.82) is 0 Å². The summed E-state index contributed by atoms with van der Waals surface area (Å²) in [6.07, 6.45) is 5.31. The van der Waals surface area contributed by atoms with Crippen molar-refractivity contribution in [3.05, 3.63) is 52.0 Å². The molecule has 0 radical (unpaired) electrons. The average molecular weight is 485 g/mol. The highest BCUT2D eigenvalue weighted by molar-refractivity contribution is 7.10. The summed E-state index contributed by atoms with van der Waals surface area (Å²) >= 11 is 1.85. The Morgan fingerprint density at radius 3 is 2.58 bits per heavy atom. The highest BCUT2D eigenvalue weighted by Gasteiger charge is 2.48. The number of hydrogen-bond acceptors (Lipinski definition) is 5. The minimum atomic E-state index is -5.08. The van der Waals surface area contributed by atoms with E-state index < -0.39 is 12.1 Å². The van der Waals surface area contributed by atoms with Crippen LogP contribution in [0.25, 0.3) is 0 Å². The summed E-state index contributed by atoms with van der Waals surface area (Å²) in [5, 5.41) is 13.0. The lowest BCUT2D eigenvalue weighted by Crippen LogP contribution is -2.47. The standard InChI is InChI=1S/C22H30N2OS.C2HF3O2/c1-18-14-19(26-16-18)15-23-12-9-21(20-6-2-5-11-24-20)10-13-25-22(17-21)7-3-4-8-22;3-2(4,5)1(6)7/h2,5-6,11,14,16,23H,3-4,7-10,12-13,15,17H2,1H3;(H,6,7)/t21-;/m1./s1. The molecule has 2 aromatic heterocycles. The van der Waals surface area contributed by atoms with E-state index in [-0.39, 0.29) is 11.0 Å². The van der Waals surface area contributed by atoms with Crippen LogP contribution in [0.15, 0.2) is 35.8 Å². The molecular formula is C24H31F3N2O3S. The van der Waals surface area contributed by atoms with Gasteiger partial charge in [-0.3, -0.25) is 4.98 Å². The van der Waals surface area contributed by atoms with Crippen molar-refractivity contribution in [2.45, 2.75) is 75.6 Å². The number of aromatic nitrogens is 1. The fraction of sp³-hybridized carbons (Fsp3) is 0.583. The van der Waals surface area contributed by atoms with Crippen LogP contribution in [0.4, 0.5) is 13.2 Å². The summed E-state index contributed by atoms with van der Waals surface area (Å²) in [6.45, 7) is 5.04. The zero-order chi connectivity index (χ0) is 24.0. The second-order valence-electron chi connectivity index (χ2n) is 8.98. The van der Waals surface area contributed by atoms with E-state index in [0.717, 1.165) is 39.0 Å². The van der Waals surface area contributed by atoms with Crippen LogP contribution in [0.5, 0.6) is 0 Å². The lowest BCUT2D eigenvalue weighted by molar-refractivity contribution is -0.192. The molecule has 0 unspecified atom stereocenters. The summed E-state index contributed by atoms with van der Waals surface area (Å²) in [7, 11) is 0. The van der Waals surface area contributed by atoms with Crippen LogP contribution in [0.3, 0.4) is 0 Å². The molecule has 5 nitrogen and oxygen atoms in total. The SMILES string of the molecule is Cc1csc(CNCC[C@@]2(c3ccccn3)CCOC3(CCCC3)C2)c1.O=C(O)C(F)(F)F. The van der Waals surface area contributed by atoms with Crippen molar-refractivity contribution in [3.63, 3.8) is 0 Å². The van der Waals surface area contributed by atoms with E-state index in [1.54, 1.807) is 0 Å². The molecule has 1 aliphatic heterocycles. The van der Waals surface area contributed by atoms with Crippen LogP contribution < -0.4 is 5.32 Å². The number of alkyl halides is 3. The minimum Gasteiger partial charge on any atom is -0.475 e. The monoisotopic (exact) mass is 484 g/mol. The van der Waals surface area contributed by atoms with Gasteiger partial charge in [-0.2, -0.15) is 13.2 Å². The Bertz CT molecular complexity index is 898. The van der Waals surface area contributed by atoms with Gasteiger partial charge in [0.1, 0.15) is 0 Å². The fourth-order valence-electron chi connectivity index (χ4n) is 4.92. The van der Waals surface area contributed by atoms with Gasteiger partial charge >= 0.3 is 12.1 Å². The van der Waals surface area contributed by atoms with E-state index in [4.69, 9.17) is 19.6 Å². The van der Waals surface area contributed by atoms with Crippen molar-refractivity contribution in [2.75, 3.05) is 13.2 Å². The number of halogens is 3. The highest BCUT2D eigenvalue weighted by atomic mass is 32.1. The summed E-state index contributed by atoms with van der Waals surface area (Å²) in [4.78, 5) is 15.1. The Hall–Kier alpha value is -1.97. The number of carboxylic acid groups (broad SMARTS) is 1. The van der Waals surface area contributed by atoms with E-state index in [1.165, 1.54) is 41.8 Å². The van der Waals surface area contributed by atoms with Gasteiger partial charge in [-0.25, -0.2) is 4.79 Å². The van der Waals surface area contributed by atoms with Crippen LogP contribution in [-0.2, 0) is 21.5 Å². The lowest BCUT2D eigenvalue weighted by atomic mass is 9.68. The van der Waals surface area contributed by atoms with Crippen LogP contribution in [0.1, 0.15) is 61.1 Å². The van der Waals surface area contributed by atoms with Gasteiger partial charge in [-0.1, -0.05) is 18.9 Å².